The van der Waals surface area contributed by atoms with Crippen LogP contribution in [0.4, 0.5) is 5.69 Å². The van der Waals surface area contributed by atoms with Gasteiger partial charge >= 0.3 is 0 Å². The molecule has 5 rings (SSSR count). The lowest BCUT2D eigenvalue weighted by molar-refractivity contribution is 0.402. The SMILES string of the molecule is CCCCc1nnc2c(Oc3ccc(NS(=O)(=O)c4cc(C)ccc4OC)cc3)nc3ccccc3n12. The zero-order valence-electron chi connectivity index (χ0n) is 20.8. The van der Waals surface area contributed by atoms with Crippen LogP contribution in [0, 0.1) is 6.92 Å². The molecule has 0 radical (unpaired) electrons. The van der Waals surface area contributed by atoms with E-state index in [9.17, 15) is 8.42 Å². The van der Waals surface area contributed by atoms with Crippen LogP contribution >= 0.6 is 0 Å². The second-order valence-electron chi connectivity index (χ2n) is 8.67. The summed E-state index contributed by atoms with van der Waals surface area (Å²) in [5.41, 5.74) is 3.40. The molecule has 37 heavy (non-hydrogen) atoms. The van der Waals surface area contributed by atoms with Crippen LogP contribution in [0.15, 0.2) is 71.6 Å². The summed E-state index contributed by atoms with van der Waals surface area (Å²) in [7, 11) is -2.42. The normalized spacial score (nSPS) is 11.6. The number of methoxy groups -OCH3 is 1. The summed E-state index contributed by atoms with van der Waals surface area (Å²) in [6, 6.07) is 19.4. The third kappa shape index (κ3) is 4.92. The monoisotopic (exact) mass is 517 g/mol. The van der Waals surface area contributed by atoms with Gasteiger partial charge in [-0.3, -0.25) is 9.12 Å². The molecule has 2 aromatic heterocycles. The minimum atomic E-state index is -3.86. The lowest BCUT2D eigenvalue weighted by Gasteiger charge is -2.13. The highest BCUT2D eigenvalue weighted by molar-refractivity contribution is 7.92. The zero-order chi connectivity index (χ0) is 26.0. The van der Waals surface area contributed by atoms with Crippen LogP contribution in [0.3, 0.4) is 0 Å². The molecule has 1 N–H and O–H groups in total. The average Bonchev–Trinajstić information content (AvgIpc) is 3.33. The molecule has 9 nitrogen and oxygen atoms in total. The van der Waals surface area contributed by atoms with E-state index in [4.69, 9.17) is 9.47 Å². The van der Waals surface area contributed by atoms with Gasteiger partial charge in [0.15, 0.2) is 0 Å². The Morgan fingerprint density at radius 3 is 2.54 bits per heavy atom. The molecule has 0 unspecified atom stereocenters. The molecule has 0 aliphatic carbocycles. The van der Waals surface area contributed by atoms with Crippen LogP contribution in [-0.4, -0.2) is 35.1 Å². The molecule has 0 spiro atoms. The maximum absolute atomic E-state index is 13.0. The van der Waals surface area contributed by atoms with Gasteiger partial charge in [0.05, 0.1) is 18.1 Å². The molecule has 0 saturated heterocycles. The first-order chi connectivity index (χ1) is 17.9. The molecule has 0 atom stereocenters. The Labute approximate surface area is 215 Å². The van der Waals surface area contributed by atoms with Crippen molar-refractivity contribution in [2.75, 3.05) is 11.8 Å². The molecule has 190 valence electrons. The highest BCUT2D eigenvalue weighted by Gasteiger charge is 2.20. The Morgan fingerprint density at radius 1 is 1.00 bits per heavy atom. The zero-order valence-corrected chi connectivity index (χ0v) is 21.6. The average molecular weight is 518 g/mol. The van der Waals surface area contributed by atoms with Crippen LogP contribution in [0.1, 0.15) is 31.2 Å². The molecular weight excluding hydrogens is 490 g/mol. The van der Waals surface area contributed by atoms with Gasteiger partial charge in [0.1, 0.15) is 22.2 Å². The highest BCUT2D eigenvalue weighted by Crippen LogP contribution is 2.30. The number of hydrogen-bond donors (Lipinski definition) is 1. The number of rotatable bonds is 9. The number of benzene rings is 3. The minimum absolute atomic E-state index is 0.0729. The van der Waals surface area contributed by atoms with Crippen LogP contribution in [0.5, 0.6) is 17.4 Å². The Hall–Kier alpha value is -4.18. The molecule has 5 aromatic rings. The van der Waals surface area contributed by atoms with Crippen LogP contribution in [-0.2, 0) is 16.4 Å². The van der Waals surface area contributed by atoms with E-state index in [0.717, 1.165) is 41.7 Å². The summed E-state index contributed by atoms with van der Waals surface area (Å²) in [4.78, 5) is 4.74. The fourth-order valence-corrected chi connectivity index (χ4v) is 5.40. The van der Waals surface area contributed by atoms with E-state index >= 15 is 0 Å². The number of ether oxygens (including phenoxy) is 2. The summed E-state index contributed by atoms with van der Waals surface area (Å²) in [5.74, 6) is 1.94. The summed E-state index contributed by atoms with van der Waals surface area (Å²) in [6.07, 6.45) is 2.85. The van der Waals surface area contributed by atoms with Crippen molar-refractivity contribution in [3.8, 4) is 17.4 Å². The number of unbranched alkanes of at least 4 members (excludes halogenated alkanes) is 1. The van der Waals surface area contributed by atoms with Gasteiger partial charge < -0.3 is 9.47 Å². The molecule has 0 amide bonds. The number of sulfonamides is 1. The van der Waals surface area contributed by atoms with Crippen molar-refractivity contribution in [1.82, 2.24) is 19.6 Å². The first-order valence-corrected chi connectivity index (χ1v) is 13.5. The largest absolute Gasteiger partial charge is 0.495 e. The number of nitrogens with zero attached hydrogens (tertiary/aromatic N) is 4. The molecule has 0 fully saturated rings. The summed E-state index contributed by atoms with van der Waals surface area (Å²) < 4.78 is 42.0. The number of nitrogens with one attached hydrogen (secondary N) is 1. The second-order valence-corrected chi connectivity index (χ2v) is 10.3. The standard InChI is InChI=1S/C27H27N5O4S/c1-4-5-10-25-29-30-26-27(28-21-8-6-7-9-22(21)32(25)26)36-20-14-12-19(13-15-20)31-37(33,34)24-17-18(2)11-16-23(24)35-3/h6-9,11-17,31H,4-5,10H2,1-3H3. The Bertz CT molecular complexity index is 1680. The second kappa shape index (κ2) is 10.1. The third-order valence-corrected chi connectivity index (χ3v) is 7.35. The predicted octanol–water partition coefficient (Wildman–Crippen LogP) is 5.53. The van der Waals surface area contributed by atoms with Crippen molar-refractivity contribution in [1.29, 1.82) is 0 Å². The number of aromatic nitrogens is 4. The van der Waals surface area contributed by atoms with Gasteiger partial charge in [-0.15, -0.1) is 10.2 Å². The van der Waals surface area contributed by atoms with Crippen molar-refractivity contribution in [3.63, 3.8) is 0 Å². The summed E-state index contributed by atoms with van der Waals surface area (Å²) >= 11 is 0. The molecule has 0 aliphatic rings. The fraction of sp³-hybridized carbons (Fsp3) is 0.222. The predicted molar refractivity (Wildman–Crippen MR) is 142 cm³/mol. The number of para-hydroxylation sites is 2. The van der Waals surface area contributed by atoms with E-state index < -0.39 is 10.0 Å². The van der Waals surface area contributed by atoms with Crippen molar-refractivity contribution >= 4 is 32.4 Å². The highest BCUT2D eigenvalue weighted by atomic mass is 32.2. The van der Waals surface area contributed by atoms with Crippen molar-refractivity contribution in [2.45, 2.75) is 38.0 Å². The van der Waals surface area contributed by atoms with Crippen LogP contribution in [0.2, 0.25) is 0 Å². The summed E-state index contributed by atoms with van der Waals surface area (Å²) in [5, 5.41) is 8.76. The summed E-state index contributed by atoms with van der Waals surface area (Å²) in [6.45, 7) is 3.96. The van der Waals surface area contributed by atoms with E-state index in [1.165, 1.54) is 7.11 Å². The fourth-order valence-electron chi connectivity index (χ4n) is 4.09. The smallest absolute Gasteiger partial charge is 0.266 e. The van der Waals surface area contributed by atoms with E-state index in [1.807, 2.05) is 35.6 Å². The van der Waals surface area contributed by atoms with Crippen LogP contribution in [0.25, 0.3) is 16.7 Å². The number of aryl methyl sites for hydroxylation is 2. The van der Waals surface area contributed by atoms with E-state index in [1.54, 1.807) is 42.5 Å². The minimum Gasteiger partial charge on any atom is -0.495 e. The molecule has 0 aliphatic heterocycles. The van der Waals surface area contributed by atoms with E-state index in [-0.39, 0.29) is 10.6 Å². The molecule has 10 heteroatoms. The van der Waals surface area contributed by atoms with Gasteiger partial charge in [0.2, 0.25) is 5.65 Å². The lowest BCUT2D eigenvalue weighted by Crippen LogP contribution is -2.14. The van der Waals surface area contributed by atoms with Gasteiger partial charge in [0.25, 0.3) is 15.9 Å². The number of fused-ring (bicyclic) bond motifs is 3. The Kier molecular flexibility index (Phi) is 6.66. The maximum atomic E-state index is 13.0. The lowest BCUT2D eigenvalue weighted by atomic mass is 10.2. The van der Waals surface area contributed by atoms with E-state index in [0.29, 0.717) is 23.0 Å². The first kappa shape index (κ1) is 24.5. The van der Waals surface area contributed by atoms with Gasteiger partial charge in [-0.1, -0.05) is 31.5 Å². The molecule has 2 heterocycles. The van der Waals surface area contributed by atoms with Crippen molar-refractivity contribution < 1.29 is 17.9 Å². The molecule has 0 saturated carbocycles. The third-order valence-electron chi connectivity index (χ3n) is 5.95. The molecule has 3 aromatic carbocycles. The first-order valence-electron chi connectivity index (χ1n) is 12.0. The van der Waals surface area contributed by atoms with Crippen LogP contribution < -0.4 is 14.2 Å². The quantitative estimate of drug-likeness (QED) is 0.274. The Morgan fingerprint density at radius 2 is 1.78 bits per heavy atom. The van der Waals surface area contributed by atoms with Gasteiger partial charge in [-0.2, -0.15) is 0 Å². The maximum Gasteiger partial charge on any atom is 0.266 e. The Balaban J connectivity index is 1.43. The van der Waals surface area contributed by atoms with Gasteiger partial charge in [-0.25, -0.2) is 13.4 Å². The number of hydrogen-bond acceptors (Lipinski definition) is 7. The number of anilines is 1. The van der Waals surface area contributed by atoms with Gasteiger partial charge in [-0.05, 0) is 67.4 Å². The molecular formula is C27H27N5O4S. The van der Waals surface area contributed by atoms with Crippen molar-refractivity contribution in [2.24, 2.45) is 0 Å². The van der Waals surface area contributed by atoms with E-state index in [2.05, 4.69) is 26.8 Å². The topological polar surface area (TPSA) is 108 Å². The van der Waals surface area contributed by atoms with Gasteiger partial charge in [0, 0.05) is 12.1 Å². The molecule has 0 bridgehead atoms. The van der Waals surface area contributed by atoms with Crippen molar-refractivity contribution in [3.05, 3.63) is 78.1 Å².